The van der Waals surface area contributed by atoms with Gasteiger partial charge in [-0.05, 0) is 43.2 Å². The molecule has 1 aliphatic carbocycles. The number of hydrogen-bond acceptors (Lipinski definition) is 4. The van der Waals surface area contributed by atoms with E-state index in [1.54, 1.807) is 6.07 Å². The minimum Gasteiger partial charge on any atom is -0.352 e. The van der Waals surface area contributed by atoms with Crippen molar-refractivity contribution in [1.29, 1.82) is 0 Å². The average molecular weight is 397 g/mol. The molecule has 2 N–H and O–H groups in total. The van der Waals surface area contributed by atoms with E-state index in [0.717, 1.165) is 41.0 Å². The van der Waals surface area contributed by atoms with E-state index in [9.17, 15) is 9.59 Å². The first-order valence-electron chi connectivity index (χ1n) is 9.80. The van der Waals surface area contributed by atoms with E-state index in [1.165, 1.54) is 24.2 Å². The smallest absolute Gasteiger partial charge is 0.251 e. The van der Waals surface area contributed by atoms with Gasteiger partial charge in [0, 0.05) is 24.0 Å². The highest BCUT2D eigenvalue weighted by molar-refractivity contribution is 7.20. The largest absolute Gasteiger partial charge is 0.352 e. The Morgan fingerprint density at radius 1 is 1.11 bits per heavy atom. The molecule has 3 aromatic rings. The van der Waals surface area contributed by atoms with Crippen LogP contribution in [0.5, 0.6) is 0 Å². The Bertz CT molecular complexity index is 956. The molecule has 1 fully saturated rings. The van der Waals surface area contributed by atoms with Gasteiger partial charge in [0.1, 0.15) is 0 Å². The van der Waals surface area contributed by atoms with Gasteiger partial charge in [-0.3, -0.25) is 9.59 Å². The summed E-state index contributed by atoms with van der Waals surface area (Å²) in [6, 6.07) is 9.57. The normalized spacial score (nSPS) is 15.3. The second-order valence-electron chi connectivity index (χ2n) is 7.21. The summed E-state index contributed by atoms with van der Waals surface area (Å²) < 4.78 is 2.89. The number of aromatic nitrogens is 2. The third-order valence-corrected chi connectivity index (χ3v) is 6.13. The zero-order valence-corrected chi connectivity index (χ0v) is 16.5. The van der Waals surface area contributed by atoms with Crippen molar-refractivity contribution in [3.05, 3.63) is 48.3 Å². The van der Waals surface area contributed by atoms with Crippen molar-refractivity contribution in [2.75, 3.05) is 6.54 Å². The van der Waals surface area contributed by atoms with Crippen molar-refractivity contribution in [3.63, 3.8) is 0 Å². The van der Waals surface area contributed by atoms with Crippen LogP contribution >= 0.6 is 11.3 Å². The van der Waals surface area contributed by atoms with Gasteiger partial charge in [-0.25, -0.2) is 4.98 Å². The summed E-state index contributed by atoms with van der Waals surface area (Å²) in [6.45, 7) is 0.00464. The van der Waals surface area contributed by atoms with Gasteiger partial charge in [0.05, 0.1) is 16.8 Å². The first-order valence-corrected chi connectivity index (χ1v) is 10.6. The molecule has 0 spiro atoms. The van der Waals surface area contributed by atoms with Gasteiger partial charge in [-0.15, -0.1) is 0 Å². The maximum atomic E-state index is 12.5. The van der Waals surface area contributed by atoms with Crippen LogP contribution in [0.3, 0.4) is 0 Å². The van der Waals surface area contributed by atoms with Crippen LogP contribution in [-0.4, -0.2) is 34.0 Å². The zero-order chi connectivity index (χ0) is 19.3. The SMILES string of the molecule is O=C(CNC(=O)c1ccc2nc(-n3cccc3)sc2c1)NC1CCCCCC1. The highest BCUT2D eigenvalue weighted by atomic mass is 32.1. The molecule has 0 aliphatic heterocycles. The van der Waals surface area contributed by atoms with Crippen molar-refractivity contribution in [3.8, 4) is 5.13 Å². The van der Waals surface area contributed by atoms with Crippen molar-refractivity contribution < 1.29 is 9.59 Å². The summed E-state index contributed by atoms with van der Waals surface area (Å²) in [7, 11) is 0. The Hall–Kier alpha value is -2.67. The van der Waals surface area contributed by atoms with Crippen molar-refractivity contribution in [2.24, 2.45) is 0 Å². The van der Waals surface area contributed by atoms with E-state index in [1.807, 2.05) is 41.2 Å². The van der Waals surface area contributed by atoms with Gasteiger partial charge >= 0.3 is 0 Å². The van der Waals surface area contributed by atoms with Crippen LogP contribution in [0.15, 0.2) is 42.7 Å². The Kier molecular flexibility index (Phi) is 5.71. The molecule has 0 bridgehead atoms. The minimum absolute atomic E-state index is 0.00464. The van der Waals surface area contributed by atoms with Gasteiger partial charge in [0.15, 0.2) is 5.13 Å². The van der Waals surface area contributed by atoms with E-state index < -0.39 is 0 Å². The first kappa shape index (κ1) is 18.7. The number of nitrogens with one attached hydrogen (secondary N) is 2. The van der Waals surface area contributed by atoms with Crippen molar-refractivity contribution >= 4 is 33.4 Å². The Morgan fingerprint density at radius 2 is 1.86 bits per heavy atom. The number of hydrogen-bond donors (Lipinski definition) is 2. The number of nitrogens with zero attached hydrogens (tertiary/aromatic N) is 2. The highest BCUT2D eigenvalue weighted by Crippen LogP contribution is 2.26. The van der Waals surface area contributed by atoms with Gasteiger partial charge in [0.25, 0.3) is 5.91 Å². The molecule has 0 saturated heterocycles. The molecule has 2 amide bonds. The lowest BCUT2D eigenvalue weighted by atomic mass is 10.1. The van der Waals surface area contributed by atoms with Crippen LogP contribution in [0.2, 0.25) is 0 Å². The van der Waals surface area contributed by atoms with E-state index in [2.05, 4.69) is 15.6 Å². The highest BCUT2D eigenvalue weighted by Gasteiger charge is 2.16. The quantitative estimate of drug-likeness (QED) is 0.646. The van der Waals surface area contributed by atoms with E-state index >= 15 is 0 Å². The van der Waals surface area contributed by atoms with Crippen LogP contribution in [0, 0.1) is 0 Å². The number of fused-ring (bicyclic) bond motifs is 1. The Labute approximate surface area is 168 Å². The second-order valence-corrected chi connectivity index (χ2v) is 8.22. The predicted octanol–water partition coefficient (Wildman–Crippen LogP) is 3.66. The van der Waals surface area contributed by atoms with Crippen LogP contribution < -0.4 is 10.6 Å². The molecule has 0 unspecified atom stereocenters. The summed E-state index contributed by atoms with van der Waals surface area (Å²) in [5.41, 5.74) is 1.40. The van der Waals surface area contributed by atoms with Gasteiger partial charge < -0.3 is 15.2 Å². The number of thiazole rings is 1. The maximum absolute atomic E-state index is 12.5. The molecule has 146 valence electrons. The molecule has 4 rings (SSSR count). The van der Waals surface area contributed by atoms with E-state index in [0.29, 0.717) is 5.56 Å². The Balaban J connectivity index is 1.36. The Morgan fingerprint density at radius 3 is 2.61 bits per heavy atom. The summed E-state index contributed by atoms with van der Waals surface area (Å²) in [6.07, 6.45) is 10.8. The molecular weight excluding hydrogens is 372 g/mol. The topological polar surface area (TPSA) is 76.0 Å². The predicted molar refractivity (Wildman–Crippen MR) is 111 cm³/mol. The standard InChI is InChI=1S/C21H24N4O2S/c26-19(23-16-7-3-1-2-4-8-16)14-22-20(27)15-9-10-17-18(13-15)28-21(24-17)25-11-5-6-12-25/h5-6,9-13,16H,1-4,7-8,14H2,(H,22,27)(H,23,26). The van der Waals surface area contributed by atoms with Crippen LogP contribution in [0.25, 0.3) is 15.3 Å². The van der Waals surface area contributed by atoms with Crippen LogP contribution in [0.4, 0.5) is 0 Å². The molecule has 1 aromatic carbocycles. The van der Waals surface area contributed by atoms with Gasteiger partial charge in [-0.1, -0.05) is 37.0 Å². The third kappa shape index (κ3) is 4.42. The second kappa shape index (κ2) is 8.56. The lowest BCUT2D eigenvalue weighted by molar-refractivity contribution is -0.120. The number of carbonyl (C=O) groups is 2. The lowest BCUT2D eigenvalue weighted by Crippen LogP contribution is -2.41. The van der Waals surface area contributed by atoms with Crippen LogP contribution in [-0.2, 0) is 4.79 Å². The third-order valence-electron chi connectivity index (χ3n) is 5.09. The average Bonchev–Trinajstić information content (AvgIpc) is 3.31. The summed E-state index contributed by atoms with van der Waals surface area (Å²) >= 11 is 1.53. The molecule has 7 heteroatoms. The van der Waals surface area contributed by atoms with Crippen molar-refractivity contribution in [2.45, 2.75) is 44.6 Å². The number of benzene rings is 1. The molecule has 2 heterocycles. The van der Waals surface area contributed by atoms with Gasteiger partial charge in [0.2, 0.25) is 5.91 Å². The summed E-state index contributed by atoms with van der Waals surface area (Å²) in [5, 5.41) is 6.64. The number of carbonyl (C=O) groups excluding carboxylic acids is 2. The number of rotatable bonds is 5. The monoisotopic (exact) mass is 396 g/mol. The molecule has 6 nitrogen and oxygen atoms in total. The molecule has 1 saturated carbocycles. The summed E-state index contributed by atoms with van der Waals surface area (Å²) in [5.74, 6) is -0.358. The summed E-state index contributed by atoms with van der Waals surface area (Å²) in [4.78, 5) is 29.2. The molecule has 28 heavy (non-hydrogen) atoms. The molecule has 2 aromatic heterocycles. The molecule has 1 aliphatic rings. The number of amides is 2. The van der Waals surface area contributed by atoms with Crippen molar-refractivity contribution in [1.82, 2.24) is 20.2 Å². The fourth-order valence-corrected chi connectivity index (χ4v) is 4.56. The lowest BCUT2D eigenvalue weighted by Gasteiger charge is -2.16. The minimum atomic E-state index is -0.242. The van der Waals surface area contributed by atoms with E-state index in [-0.39, 0.29) is 24.4 Å². The van der Waals surface area contributed by atoms with E-state index in [4.69, 9.17) is 0 Å². The molecule has 0 radical (unpaired) electrons. The fourth-order valence-electron chi connectivity index (χ4n) is 3.59. The molecule has 0 atom stereocenters. The van der Waals surface area contributed by atoms with Gasteiger partial charge in [-0.2, -0.15) is 0 Å². The fraction of sp³-hybridized carbons (Fsp3) is 0.381. The first-order chi connectivity index (χ1) is 13.7. The zero-order valence-electron chi connectivity index (χ0n) is 15.7. The molecular formula is C21H24N4O2S. The van der Waals surface area contributed by atoms with Crippen LogP contribution in [0.1, 0.15) is 48.9 Å². The maximum Gasteiger partial charge on any atom is 0.251 e.